The first-order valence-electron chi connectivity index (χ1n) is 7.78. The van der Waals surface area contributed by atoms with Gasteiger partial charge in [-0.05, 0) is 44.5 Å². The smallest absolute Gasteiger partial charge is 0.410 e. The number of amides is 1. The zero-order chi connectivity index (χ0) is 16.1. The minimum absolute atomic E-state index is 0.184. The molecule has 5 heteroatoms. The quantitative estimate of drug-likeness (QED) is 0.797. The van der Waals surface area contributed by atoms with Gasteiger partial charge in [0.2, 0.25) is 0 Å². The van der Waals surface area contributed by atoms with Crippen LogP contribution in [0.1, 0.15) is 39.2 Å². The second-order valence-corrected chi connectivity index (χ2v) is 7.30. The molecule has 2 heterocycles. The van der Waals surface area contributed by atoms with Crippen molar-refractivity contribution >= 4 is 11.8 Å². The monoisotopic (exact) mass is 306 g/mol. The summed E-state index contributed by atoms with van der Waals surface area (Å²) in [5, 5.41) is 0. The Morgan fingerprint density at radius 2 is 1.95 bits per heavy atom. The number of ether oxygens (including phenoxy) is 1. The summed E-state index contributed by atoms with van der Waals surface area (Å²) in [5.74, 6) is 0.137. The van der Waals surface area contributed by atoms with Gasteiger partial charge in [-0.1, -0.05) is 6.92 Å². The van der Waals surface area contributed by atoms with Crippen LogP contribution in [0, 0.1) is 5.82 Å². The molecule has 1 fully saturated rings. The maximum atomic E-state index is 13.4. The topological polar surface area (TPSA) is 32.8 Å². The molecule has 22 heavy (non-hydrogen) atoms. The van der Waals surface area contributed by atoms with Crippen LogP contribution >= 0.6 is 0 Å². The number of anilines is 1. The van der Waals surface area contributed by atoms with Gasteiger partial charge in [-0.15, -0.1) is 0 Å². The molecular formula is C17H23FN2O2. The third-order valence-corrected chi connectivity index (χ3v) is 4.26. The highest BCUT2D eigenvalue weighted by Crippen LogP contribution is 2.39. The Balaban J connectivity index is 1.64. The molecule has 0 bridgehead atoms. The average molecular weight is 306 g/mol. The van der Waals surface area contributed by atoms with Crippen LogP contribution in [0.4, 0.5) is 14.9 Å². The van der Waals surface area contributed by atoms with E-state index in [0.717, 1.165) is 17.8 Å². The predicted octanol–water partition coefficient (Wildman–Crippen LogP) is 3.37. The average Bonchev–Trinajstić information content (AvgIpc) is 2.62. The van der Waals surface area contributed by atoms with E-state index in [1.54, 1.807) is 11.0 Å². The number of hydrogen-bond acceptors (Lipinski definition) is 3. The van der Waals surface area contributed by atoms with Crippen LogP contribution in [0.15, 0.2) is 18.2 Å². The highest BCUT2D eigenvalue weighted by atomic mass is 19.1. The molecule has 1 unspecified atom stereocenters. The first-order chi connectivity index (χ1) is 10.2. The van der Waals surface area contributed by atoms with E-state index in [1.807, 2.05) is 26.8 Å². The second-order valence-electron chi connectivity index (χ2n) is 7.30. The summed E-state index contributed by atoms with van der Waals surface area (Å²) >= 11 is 0. The SMILES string of the molecule is CC1CN(C2CN(C(=O)OC(C)(C)C)C2)c2ccc(F)cc21. The van der Waals surface area contributed by atoms with Crippen molar-refractivity contribution in [2.75, 3.05) is 24.5 Å². The van der Waals surface area contributed by atoms with Gasteiger partial charge in [0, 0.05) is 31.2 Å². The Bertz CT molecular complexity index is 591. The number of likely N-dealkylation sites (tertiary alicyclic amines) is 1. The molecule has 1 atom stereocenters. The zero-order valence-corrected chi connectivity index (χ0v) is 13.6. The van der Waals surface area contributed by atoms with Crippen LogP contribution in [0.5, 0.6) is 0 Å². The van der Waals surface area contributed by atoms with Crippen molar-refractivity contribution in [2.45, 2.75) is 45.3 Å². The van der Waals surface area contributed by atoms with E-state index in [2.05, 4.69) is 11.8 Å². The zero-order valence-electron chi connectivity index (χ0n) is 13.6. The van der Waals surface area contributed by atoms with E-state index in [9.17, 15) is 9.18 Å². The maximum absolute atomic E-state index is 13.4. The highest BCUT2D eigenvalue weighted by Gasteiger charge is 2.40. The molecule has 3 rings (SSSR count). The van der Waals surface area contributed by atoms with Crippen molar-refractivity contribution in [1.29, 1.82) is 0 Å². The summed E-state index contributed by atoms with van der Waals surface area (Å²) < 4.78 is 18.8. The van der Waals surface area contributed by atoms with Gasteiger partial charge in [-0.3, -0.25) is 0 Å². The van der Waals surface area contributed by atoms with Crippen molar-refractivity contribution in [3.63, 3.8) is 0 Å². The van der Waals surface area contributed by atoms with Gasteiger partial charge in [0.1, 0.15) is 11.4 Å². The minimum Gasteiger partial charge on any atom is -0.444 e. The van der Waals surface area contributed by atoms with Crippen LogP contribution in [0.2, 0.25) is 0 Å². The van der Waals surface area contributed by atoms with E-state index in [1.165, 1.54) is 6.07 Å². The summed E-state index contributed by atoms with van der Waals surface area (Å²) in [6.45, 7) is 9.93. The third-order valence-electron chi connectivity index (χ3n) is 4.26. The molecule has 1 aromatic rings. The van der Waals surface area contributed by atoms with Crippen LogP contribution in [0.25, 0.3) is 0 Å². The first-order valence-corrected chi connectivity index (χ1v) is 7.78. The van der Waals surface area contributed by atoms with Crippen molar-refractivity contribution in [2.24, 2.45) is 0 Å². The summed E-state index contributed by atoms with van der Waals surface area (Å²) in [5.41, 5.74) is 1.70. The number of benzene rings is 1. The number of fused-ring (bicyclic) bond motifs is 1. The molecule has 0 saturated carbocycles. The summed E-state index contributed by atoms with van der Waals surface area (Å²) in [7, 11) is 0. The Kier molecular flexibility index (Phi) is 3.54. The molecule has 1 saturated heterocycles. The van der Waals surface area contributed by atoms with E-state index in [0.29, 0.717) is 25.0 Å². The third kappa shape index (κ3) is 2.76. The fraction of sp³-hybridized carbons (Fsp3) is 0.588. The van der Waals surface area contributed by atoms with E-state index in [-0.39, 0.29) is 11.9 Å². The van der Waals surface area contributed by atoms with E-state index in [4.69, 9.17) is 4.74 Å². The molecule has 0 spiro atoms. The van der Waals surface area contributed by atoms with E-state index < -0.39 is 5.60 Å². The normalized spacial score (nSPS) is 21.6. The van der Waals surface area contributed by atoms with Gasteiger partial charge in [-0.25, -0.2) is 9.18 Å². The number of hydrogen-bond donors (Lipinski definition) is 0. The second kappa shape index (κ2) is 5.14. The number of rotatable bonds is 1. The molecule has 0 N–H and O–H groups in total. The molecule has 1 aromatic carbocycles. The van der Waals surface area contributed by atoms with Gasteiger partial charge < -0.3 is 14.5 Å². The maximum Gasteiger partial charge on any atom is 0.410 e. The Morgan fingerprint density at radius 1 is 1.27 bits per heavy atom. The van der Waals surface area contributed by atoms with Crippen LogP contribution in [-0.2, 0) is 4.74 Å². The number of halogens is 1. The lowest BCUT2D eigenvalue weighted by Crippen LogP contribution is -2.61. The Labute approximate surface area is 130 Å². The van der Waals surface area contributed by atoms with Crippen molar-refractivity contribution in [3.05, 3.63) is 29.6 Å². The summed E-state index contributed by atoms with van der Waals surface area (Å²) in [6.07, 6.45) is -0.254. The number of carbonyl (C=O) groups is 1. The molecular weight excluding hydrogens is 283 g/mol. The Hall–Kier alpha value is -1.78. The lowest BCUT2D eigenvalue weighted by atomic mass is 10.0. The molecule has 120 valence electrons. The fourth-order valence-corrected chi connectivity index (χ4v) is 3.15. The number of nitrogens with zero attached hydrogens (tertiary/aromatic N) is 2. The largest absolute Gasteiger partial charge is 0.444 e. The summed E-state index contributed by atoms with van der Waals surface area (Å²) in [6, 6.07) is 5.28. The Morgan fingerprint density at radius 3 is 2.59 bits per heavy atom. The molecule has 0 radical (unpaired) electrons. The highest BCUT2D eigenvalue weighted by molar-refractivity contribution is 5.70. The van der Waals surface area contributed by atoms with Gasteiger partial charge >= 0.3 is 6.09 Å². The van der Waals surface area contributed by atoms with Gasteiger partial charge in [0.15, 0.2) is 0 Å². The standard InChI is InChI=1S/C17H23FN2O2/c1-11-8-20(15-6-5-12(18)7-14(11)15)13-9-19(10-13)16(21)22-17(2,3)4/h5-7,11,13H,8-10H2,1-4H3. The molecule has 2 aliphatic heterocycles. The van der Waals surface area contributed by atoms with Crippen molar-refractivity contribution in [1.82, 2.24) is 4.90 Å². The van der Waals surface area contributed by atoms with E-state index >= 15 is 0 Å². The molecule has 0 aromatic heterocycles. The van der Waals surface area contributed by atoms with Gasteiger partial charge in [0.25, 0.3) is 0 Å². The molecule has 1 amide bonds. The van der Waals surface area contributed by atoms with Crippen LogP contribution < -0.4 is 4.90 Å². The summed E-state index contributed by atoms with van der Waals surface area (Å²) in [4.78, 5) is 16.0. The van der Waals surface area contributed by atoms with Crippen LogP contribution in [-0.4, -0.2) is 42.3 Å². The molecule has 0 aliphatic carbocycles. The lowest BCUT2D eigenvalue weighted by Gasteiger charge is -2.45. The van der Waals surface area contributed by atoms with Crippen LogP contribution in [0.3, 0.4) is 0 Å². The molecule has 2 aliphatic rings. The van der Waals surface area contributed by atoms with Gasteiger partial charge in [0.05, 0.1) is 6.04 Å². The fourth-order valence-electron chi connectivity index (χ4n) is 3.15. The first kappa shape index (κ1) is 15.1. The minimum atomic E-state index is -0.464. The van der Waals surface area contributed by atoms with Crippen molar-refractivity contribution < 1.29 is 13.9 Å². The molecule has 4 nitrogen and oxygen atoms in total. The lowest BCUT2D eigenvalue weighted by molar-refractivity contribution is 0.00822. The number of carbonyl (C=O) groups excluding carboxylic acids is 1. The van der Waals surface area contributed by atoms with Crippen molar-refractivity contribution in [3.8, 4) is 0 Å². The predicted molar refractivity (Wildman–Crippen MR) is 83.8 cm³/mol. The van der Waals surface area contributed by atoms with Gasteiger partial charge in [-0.2, -0.15) is 0 Å².